The van der Waals surface area contributed by atoms with Crippen LogP contribution in [0, 0.1) is 0 Å². The van der Waals surface area contributed by atoms with Crippen molar-refractivity contribution in [1.29, 1.82) is 0 Å². The number of hydrogen-bond donors (Lipinski definition) is 1. The lowest BCUT2D eigenvalue weighted by molar-refractivity contribution is 0.0739. The number of hydrogen-bond acceptors (Lipinski definition) is 5. The average molecular weight is 419 g/mol. The molecule has 1 atom stereocenters. The highest BCUT2D eigenvalue weighted by molar-refractivity contribution is 6.33. The van der Waals surface area contributed by atoms with E-state index in [-0.39, 0.29) is 24.1 Å². The van der Waals surface area contributed by atoms with Gasteiger partial charge in [0.2, 0.25) is 0 Å². The van der Waals surface area contributed by atoms with E-state index in [2.05, 4.69) is 9.88 Å². The Kier molecular flexibility index (Phi) is 5.73. The lowest BCUT2D eigenvalue weighted by Crippen LogP contribution is -2.51. The van der Waals surface area contributed by atoms with Crippen LogP contribution >= 0.6 is 11.6 Å². The van der Waals surface area contributed by atoms with Crippen LogP contribution in [0.2, 0.25) is 5.02 Å². The molecule has 0 saturated carbocycles. The van der Waals surface area contributed by atoms with Crippen molar-refractivity contribution in [3.63, 3.8) is 0 Å². The maximum Gasteiger partial charge on any atom is 0.328 e. The molecule has 1 amide bonds. The summed E-state index contributed by atoms with van der Waals surface area (Å²) < 4.78 is 6.60. The Hall–Kier alpha value is -2.58. The number of halogens is 1. The molecule has 29 heavy (non-hydrogen) atoms. The number of H-pyrrole nitrogens is 1. The van der Waals surface area contributed by atoms with E-state index in [0.717, 1.165) is 23.1 Å². The molecule has 0 bridgehead atoms. The van der Waals surface area contributed by atoms with Gasteiger partial charge in [0.1, 0.15) is 5.56 Å². The maximum atomic E-state index is 12.9. The molecule has 0 spiro atoms. The van der Waals surface area contributed by atoms with E-state index in [0.29, 0.717) is 37.8 Å². The fourth-order valence-electron chi connectivity index (χ4n) is 3.85. The fourth-order valence-corrected chi connectivity index (χ4v) is 4.11. The molecule has 0 radical (unpaired) electrons. The molecule has 1 unspecified atom stereocenters. The third kappa shape index (κ3) is 4.09. The molecule has 154 valence electrons. The Bertz CT molecular complexity index is 1000. The van der Waals surface area contributed by atoms with E-state index in [1.807, 2.05) is 24.3 Å². The molecule has 4 rings (SSSR count). The van der Waals surface area contributed by atoms with Gasteiger partial charge >= 0.3 is 5.69 Å². The maximum absolute atomic E-state index is 12.9. The molecule has 2 aliphatic heterocycles. The highest BCUT2D eigenvalue weighted by atomic mass is 35.5. The largest absolute Gasteiger partial charge is 0.376 e. The van der Waals surface area contributed by atoms with Crippen molar-refractivity contribution >= 4 is 23.2 Å². The van der Waals surface area contributed by atoms with Crippen LogP contribution in [0.5, 0.6) is 0 Å². The average Bonchev–Trinajstić information content (AvgIpc) is 3.25. The van der Waals surface area contributed by atoms with Crippen molar-refractivity contribution in [2.75, 3.05) is 37.7 Å². The van der Waals surface area contributed by atoms with E-state index >= 15 is 0 Å². The number of ether oxygens (including phenoxy) is 1. The Balaban J connectivity index is 1.48. The monoisotopic (exact) mass is 418 g/mol. The molecule has 0 aliphatic carbocycles. The van der Waals surface area contributed by atoms with Gasteiger partial charge in [-0.15, -0.1) is 0 Å². The molecular formula is C20H23ClN4O4. The zero-order chi connectivity index (χ0) is 20.4. The molecule has 2 aromatic rings. The Morgan fingerprint density at radius 3 is 2.62 bits per heavy atom. The Labute approximate surface area is 172 Å². The van der Waals surface area contributed by atoms with Gasteiger partial charge in [-0.3, -0.25) is 14.2 Å². The van der Waals surface area contributed by atoms with Crippen LogP contribution in [0.1, 0.15) is 23.2 Å². The number of carbonyl (C=O) groups is 1. The molecule has 2 fully saturated rings. The molecule has 2 aliphatic rings. The number of nitrogens with zero attached hydrogens (tertiary/aromatic N) is 3. The summed E-state index contributed by atoms with van der Waals surface area (Å²) in [6.07, 6.45) is 2.76. The zero-order valence-electron chi connectivity index (χ0n) is 16.0. The van der Waals surface area contributed by atoms with Gasteiger partial charge in [0.15, 0.2) is 0 Å². The van der Waals surface area contributed by atoms with E-state index in [4.69, 9.17) is 16.3 Å². The minimum absolute atomic E-state index is 0.0196. The van der Waals surface area contributed by atoms with Crippen LogP contribution in [-0.2, 0) is 11.3 Å². The summed E-state index contributed by atoms with van der Waals surface area (Å²) >= 11 is 6.26. The number of amides is 1. The van der Waals surface area contributed by atoms with E-state index < -0.39 is 11.2 Å². The third-order valence-electron chi connectivity index (χ3n) is 5.46. The van der Waals surface area contributed by atoms with Gasteiger partial charge in [-0.1, -0.05) is 23.7 Å². The number of aromatic amines is 1. The van der Waals surface area contributed by atoms with Crippen LogP contribution in [0.25, 0.3) is 0 Å². The van der Waals surface area contributed by atoms with Crippen molar-refractivity contribution in [2.45, 2.75) is 25.5 Å². The van der Waals surface area contributed by atoms with E-state index in [1.54, 1.807) is 4.90 Å². The van der Waals surface area contributed by atoms with Gasteiger partial charge in [0.25, 0.3) is 11.5 Å². The Morgan fingerprint density at radius 1 is 1.17 bits per heavy atom. The van der Waals surface area contributed by atoms with Gasteiger partial charge in [0.05, 0.1) is 23.4 Å². The third-order valence-corrected chi connectivity index (χ3v) is 5.78. The van der Waals surface area contributed by atoms with E-state index in [9.17, 15) is 14.4 Å². The second-order valence-electron chi connectivity index (χ2n) is 7.29. The summed E-state index contributed by atoms with van der Waals surface area (Å²) in [7, 11) is 0. The first-order valence-electron chi connectivity index (χ1n) is 9.77. The molecular weight excluding hydrogens is 396 g/mol. The lowest BCUT2D eigenvalue weighted by Gasteiger charge is -2.36. The quantitative estimate of drug-likeness (QED) is 0.809. The predicted molar refractivity (Wildman–Crippen MR) is 110 cm³/mol. The number of nitrogens with one attached hydrogen (secondary N) is 1. The van der Waals surface area contributed by atoms with Crippen LogP contribution in [0.4, 0.5) is 5.69 Å². The number of anilines is 1. The summed E-state index contributed by atoms with van der Waals surface area (Å²) in [5.41, 5.74) is -0.175. The number of para-hydroxylation sites is 1. The highest BCUT2D eigenvalue weighted by Crippen LogP contribution is 2.26. The normalized spacial score (nSPS) is 19.6. The molecule has 3 heterocycles. The van der Waals surface area contributed by atoms with Crippen LogP contribution in [-0.4, -0.2) is 59.2 Å². The molecule has 1 N–H and O–H groups in total. The molecule has 1 aromatic heterocycles. The van der Waals surface area contributed by atoms with Crippen molar-refractivity contribution in [3.8, 4) is 0 Å². The minimum Gasteiger partial charge on any atom is -0.376 e. The summed E-state index contributed by atoms with van der Waals surface area (Å²) in [5, 5.41) is 0.671. The number of piperazine rings is 1. The molecule has 8 nitrogen and oxygen atoms in total. The second kappa shape index (κ2) is 8.42. The number of aromatic nitrogens is 2. The second-order valence-corrected chi connectivity index (χ2v) is 7.70. The van der Waals surface area contributed by atoms with Gasteiger partial charge < -0.3 is 19.5 Å². The highest BCUT2D eigenvalue weighted by Gasteiger charge is 2.27. The van der Waals surface area contributed by atoms with Crippen molar-refractivity contribution in [1.82, 2.24) is 14.5 Å². The first kappa shape index (κ1) is 19.7. The van der Waals surface area contributed by atoms with Crippen molar-refractivity contribution in [3.05, 3.63) is 61.9 Å². The van der Waals surface area contributed by atoms with Gasteiger partial charge in [-0.05, 0) is 25.0 Å². The SMILES string of the molecule is O=C(c1c[nH]c(=O)n(CC2CCCO2)c1=O)N1CCN(c2ccccc2Cl)CC1. The standard InChI is InChI=1S/C20H23ClN4O4/c21-16-5-1-2-6-17(16)23-7-9-24(10-8-23)18(26)15-12-22-20(28)25(19(15)27)13-14-4-3-11-29-14/h1-2,5-6,12,14H,3-4,7-11,13H2,(H,22,28). The van der Waals surface area contributed by atoms with Crippen LogP contribution in [0.15, 0.2) is 40.1 Å². The lowest BCUT2D eigenvalue weighted by atomic mass is 10.2. The minimum atomic E-state index is -0.567. The summed E-state index contributed by atoms with van der Waals surface area (Å²) in [6, 6.07) is 7.59. The van der Waals surface area contributed by atoms with E-state index in [1.165, 1.54) is 6.20 Å². The van der Waals surface area contributed by atoms with Crippen molar-refractivity contribution in [2.24, 2.45) is 0 Å². The predicted octanol–water partition coefficient (Wildman–Crippen LogP) is 1.33. The number of benzene rings is 1. The number of rotatable bonds is 4. The Morgan fingerprint density at radius 2 is 1.93 bits per heavy atom. The molecule has 9 heteroatoms. The summed E-state index contributed by atoms with van der Waals surface area (Å²) in [6.45, 7) is 2.95. The van der Waals surface area contributed by atoms with Gasteiger partial charge in [-0.2, -0.15) is 0 Å². The molecule has 2 saturated heterocycles. The van der Waals surface area contributed by atoms with Crippen LogP contribution in [0.3, 0.4) is 0 Å². The molecule has 1 aromatic carbocycles. The van der Waals surface area contributed by atoms with Gasteiger partial charge in [-0.25, -0.2) is 4.79 Å². The first-order valence-corrected chi connectivity index (χ1v) is 10.2. The zero-order valence-corrected chi connectivity index (χ0v) is 16.7. The van der Waals surface area contributed by atoms with Gasteiger partial charge in [0, 0.05) is 39.0 Å². The summed E-state index contributed by atoms with van der Waals surface area (Å²) in [5.74, 6) is -0.369. The first-order chi connectivity index (χ1) is 14.0. The fraction of sp³-hybridized carbons (Fsp3) is 0.450. The van der Waals surface area contributed by atoms with Crippen molar-refractivity contribution < 1.29 is 9.53 Å². The number of carbonyl (C=O) groups excluding carboxylic acids is 1. The smallest absolute Gasteiger partial charge is 0.328 e. The van der Waals surface area contributed by atoms with Crippen LogP contribution < -0.4 is 16.1 Å². The summed E-state index contributed by atoms with van der Waals surface area (Å²) in [4.78, 5) is 44.1. The topological polar surface area (TPSA) is 87.6 Å².